The molecule has 0 bridgehead atoms. The molecule has 1 aliphatic carbocycles. The van der Waals surface area contributed by atoms with E-state index in [0.717, 1.165) is 0 Å². The van der Waals surface area contributed by atoms with Crippen LogP contribution in [0.4, 0.5) is 13.2 Å². The number of hydrogen-bond acceptors (Lipinski definition) is 2. The quantitative estimate of drug-likeness (QED) is 0.743. The van der Waals surface area contributed by atoms with Crippen molar-refractivity contribution < 1.29 is 23.1 Å². The van der Waals surface area contributed by atoms with Crippen molar-refractivity contribution in [3.05, 3.63) is 0 Å². The summed E-state index contributed by atoms with van der Waals surface area (Å²) in [7, 11) is 0. The molecule has 1 aliphatic rings. The van der Waals surface area contributed by atoms with E-state index in [-0.39, 0.29) is 25.3 Å². The Morgan fingerprint density at radius 2 is 2.00 bits per heavy atom. The molecule has 0 spiro atoms. The zero-order valence-corrected chi connectivity index (χ0v) is 7.47. The lowest BCUT2D eigenvalue weighted by Gasteiger charge is -2.42. The van der Waals surface area contributed by atoms with Crippen molar-refractivity contribution in [2.24, 2.45) is 11.1 Å². The lowest BCUT2D eigenvalue weighted by molar-refractivity contribution is -0.166. The van der Waals surface area contributed by atoms with E-state index in [4.69, 9.17) is 10.8 Å². The topological polar surface area (TPSA) is 63.3 Å². The van der Waals surface area contributed by atoms with Crippen molar-refractivity contribution in [1.82, 2.24) is 0 Å². The van der Waals surface area contributed by atoms with Gasteiger partial charge >= 0.3 is 12.1 Å². The van der Waals surface area contributed by atoms with Crippen LogP contribution in [0.25, 0.3) is 0 Å². The van der Waals surface area contributed by atoms with Crippen LogP contribution < -0.4 is 5.73 Å². The number of halogens is 3. The van der Waals surface area contributed by atoms with Gasteiger partial charge in [-0.3, -0.25) is 4.79 Å². The predicted octanol–water partition coefficient (Wildman–Crippen LogP) is 1.52. The number of nitrogens with two attached hydrogens (primary N) is 1. The number of rotatable bonds is 3. The number of carboxylic acid groups (broad SMARTS) is 1. The zero-order chi connectivity index (χ0) is 11.0. The molecule has 1 rings (SSSR count). The third-order valence-electron chi connectivity index (χ3n) is 2.65. The molecule has 0 aromatic heterocycles. The summed E-state index contributed by atoms with van der Waals surface area (Å²) in [6, 6.07) is -0.265. The van der Waals surface area contributed by atoms with Crippen molar-refractivity contribution in [1.29, 1.82) is 0 Å². The standard InChI is InChI=1S/C8H12F3NO2/c9-8(10,11)2-1-7(6(13)14)3-5(12)4-7/h5H,1-4,12H2,(H,13,14). The van der Waals surface area contributed by atoms with Crippen LogP contribution in [0.2, 0.25) is 0 Å². The minimum absolute atomic E-state index is 0.151. The van der Waals surface area contributed by atoms with E-state index in [1.54, 1.807) is 0 Å². The fourth-order valence-electron chi connectivity index (χ4n) is 1.81. The smallest absolute Gasteiger partial charge is 0.389 e. The fourth-order valence-corrected chi connectivity index (χ4v) is 1.81. The van der Waals surface area contributed by atoms with Gasteiger partial charge in [-0.05, 0) is 19.3 Å². The fraction of sp³-hybridized carbons (Fsp3) is 0.875. The second-order valence-electron chi connectivity index (χ2n) is 3.87. The summed E-state index contributed by atoms with van der Waals surface area (Å²) in [6.45, 7) is 0. The van der Waals surface area contributed by atoms with Crippen molar-refractivity contribution >= 4 is 5.97 Å². The van der Waals surface area contributed by atoms with E-state index in [1.807, 2.05) is 0 Å². The number of carbonyl (C=O) groups is 1. The van der Waals surface area contributed by atoms with E-state index in [0.29, 0.717) is 0 Å². The van der Waals surface area contributed by atoms with Gasteiger partial charge in [0.15, 0.2) is 0 Å². The minimum atomic E-state index is -4.29. The largest absolute Gasteiger partial charge is 0.481 e. The summed E-state index contributed by atoms with van der Waals surface area (Å²) in [5.74, 6) is -1.16. The summed E-state index contributed by atoms with van der Waals surface area (Å²) in [5.41, 5.74) is 4.16. The van der Waals surface area contributed by atoms with Gasteiger partial charge in [0.25, 0.3) is 0 Å². The van der Waals surface area contributed by atoms with E-state index in [1.165, 1.54) is 0 Å². The lowest BCUT2D eigenvalue weighted by Crippen LogP contribution is -2.51. The molecule has 0 aliphatic heterocycles. The molecular formula is C8H12F3NO2. The van der Waals surface area contributed by atoms with Gasteiger partial charge in [0.2, 0.25) is 0 Å². The highest BCUT2D eigenvalue weighted by Gasteiger charge is 2.50. The lowest BCUT2D eigenvalue weighted by atomic mass is 9.63. The van der Waals surface area contributed by atoms with Gasteiger partial charge in [-0.1, -0.05) is 0 Å². The molecule has 0 amide bonds. The van der Waals surface area contributed by atoms with E-state index in [9.17, 15) is 18.0 Å². The zero-order valence-electron chi connectivity index (χ0n) is 7.47. The first-order valence-corrected chi connectivity index (χ1v) is 4.31. The van der Waals surface area contributed by atoms with E-state index in [2.05, 4.69) is 0 Å². The predicted molar refractivity (Wildman–Crippen MR) is 42.6 cm³/mol. The van der Waals surface area contributed by atoms with Crippen LogP contribution in [0.15, 0.2) is 0 Å². The molecule has 82 valence electrons. The molecule has 0 saturated heterocycles. The molecule has 6 heteroatoms. The summed E-state index contributed by atoms with van der Waals surface area (Å²) in [5, 5.41) is 8.78. The number of carboxylic acids is 1. The number of aliphatic carboxylic acids is 1. The van der Waals surface area contributed by atoms with Gasteiger partial charge in [-0.2, -0.15) is 13.2 Å². The summed E-state index contributed by atoms with van der Waals surface area (Å²) < 4.78 is 35.6. The third kappa shape index (κ3) is 2.37. The maximum absolute atomic E-state index is 11.9. The Balaban J connectivity index is 2.51. The van der Waals surface area contributed by atoms with Gasteiger partial charge in [-0.15, -0.1) is 0 Å². The monoisotopic (exact) mass is 211 g/mol. The molecule has 1 saturated carbocycles. The van der Waals surface area contributed by atoms with Crippen LogP contribution in [0.3, 0.4) is 0 Å². The molecule has 0 aromatic rings. The molecule has 0 radical (unpaired) electrons. The van der Waals surface area contributed by atoms with Crippen molar-refractivity contribution in [3.8, 4) is 0 Å². The van der Waals surface area contributed by atoms with Crippen LogP contribution in [-0.2, 0) is 4.79 Å². The summed E-state index contributed by atoms with van der Waals surface area (Å²) in [6.07, 6.45) is -5.40. The van der Waals surface area contributed by atoms with Crippen molar-refractivity contribution in [3.63, 3.8) is 0 Å². The molecule has 3 N–H and O–H groups in total. The van der Waals surface area contributed by atoms with Crippen LogP contribution in [-0.4, -0.2) is 23.3 Å². The molecule has 3 nitrogen and oxygen atoms in total. The Hall–Kier alpha value is -0.780. The van der Waals surface area contributed by atoms with E-state index >= 15 is 0 Å². The van der Waals surface area contributed by atoms with Gasteiger partial charge in [0.05, 0.1) is 5.41 Å². The molecule has 1 fully saturated rings. The second-order valence-corrected chi connectivity index (χ2v) is 3.87. The average Bonchev–Trinajstić information content (AvgIpc) is 1.93. The Labute approximate surface area is 79.1 Å². The first-order valence-electron chi connectivity index (χ1n) is 4.31. The minimum Gasteiger partial charge on any atom is -0.481 e. The maximum Gasteiger partial charge on any atom is 0.389 e. The summed E-state index contributed by atoms with van der Waals surface area (Å²) in [4.78, 5) is 10.7. The van der Waals surface area contributed by atoms with Crippen LogP contribution in [0, 0.1) is 5.41 Å². The third-order valence-corrected chi connectivity index (χ3v) is 2.65. The van der Waals surface area contributed by atoms with Crippen molar-refractivity contribution in [2.75, 3.05) is 0 Å². The Morgan fingerprint density at radius 1 is 1.50 bits per heavy atom. The molecule has 14 heavy (non-hydrogen) atoms. The first kappa shape index (κ1) is 11.3. The highest BCUT2D eigenvalue weighted by Crippen LogP contribution is 2.46. The number of hydrogen-bond donors (Lipinski definition) is 2. The van der Waals surface area contributed by atoms with Gasteiger partial charge < -0.3 is 10.8 Å². The Bertz CT molecular complexity index is 233. The Morgan fingerprint density at radius 3 is 2.29 bits per heavy atom. The molecular weight excluding hydrogens is 199 g/mol. The number of alkyl halides is 3. The highest BCUT2D eigenvalue weighted by atomic mass is 19.4. The SMILES string of the molecule is NC1CC(CCC(F)(F)F)(C(=O)O)C1. The van der Waals surface area contributed by atoms with Crippen LogP contribution >= 0.6 is 0 Å². The normalized spacial score (nSPS) is 32.4. The molecule has 0 heterocycles. The second kappa shape index (κ2) is 3.42. The maximum atomic E-state index is 11.9. The van der Waals surface area contributed by atoms with Crippen LogP contribution in [0.1, 0.15) is 25.7 Å². The van der Waals surface area contributed by atoms with Crippen LogP contribution in [0.5, 0.6) is 0 Å². The summed E-state index contributed by atoms with van der Waals surface area (Å²) >= 11 is 0. The average molecular weight is 211 g/mol. The van der Waals surface area contributed by atoms with E-state index < -0.39 is 24.0 Å². The molecule has 0 unspecified atom stereocenters. The molecule has 0 aromatic carbocycles. The van der Waals surface area contributed by atoms with Gasteiger partial charge in [-0.25, -0.2) is 0 Å². The van der Waals surface area contributed by atoms with Crippen molar-refractivity contribution in [2.45, 2.75) is 37.9 Å². The van der Waals surface area contributed by atoms with Gasteiger partial charge in [0.1, 0.15) is 0 Å². The molecule has 0 atom stereocenters. The highest BCUT2D eigenvalue weighted by molar-refractivity contribution is 5.76. The van der Waals surface area contributed by atoms with Gasteiger partial charge in [0, 0.05) is 12.5 Å². The first-order chi connectivity index (χ1) is 6.25. The Kier molecular flexibility index (Phi) is 2.76.